The minimum absolute atomic E-state index is 0.000948. The summed E-state index contributed by atoms with van der Waals surface area (Å²) in [7, 11) is 1.54. The van der Waals surface area contributed by atoms with Gasteiger partial charge >= 0.3 is 6.18 Å². The average molecular weight is 634 g/mol. The summed E-state index contributed by atoms with van der Waals surface area (Å²) in [4.78, 5) is 40.0. The number of anilines is 2. The van der Waals surface area contributed by atoms with Crippen molar-refractivity contribution < 1.29 is 32.3 Å². The van der Waals surface area contributed by atoms with Crippen molar-refractivity contribution in [2.45, 2.75) is 29.7 Å². The van der Waals surface area contributed by atoms with E-state index < -0.39 is 34.7 Å². The number of benzene rings is 4. The molecule has 0 heterocycles. The Balaban J connectivity index is 1.49. The molecule has 11 heteroatoms. The number of hydrogen-bond acceptors (Lipinski definition) is 5. The van der Waals surface area contributed by atoms with Gasteiger partial charge in [-0.05, 0) is 78.7 Å². The SMILES string of the molecule is CCC(Sc1cccc(NC(=O)/C(=C\c2ccc(OC)cc2)NC(=O)c2ccccc2)c1)C(=O)Nc1cccc(C(F)(F)F)c1. The van der Waals surface area contributed by atoms with Crippen molar-refractivity contribution >= 4 is 46.9 Å². The molecule has 0 aliphatic heterocycles. The molecule has 0 saturated carbocycles. The lowest BCUT2D eigenvalue weighted by Gasteiger charge is -2.16. The second-order valence-electron chi connectivity index (χ2n) is 9.72. The lowest BCUT2D eigenvalue weighted by atomic mass is 10.1. The van der Waals surface area contributed by atoms with Crippen molar-refractivity contribution in [2.75, 3.05) is 17.7 Å². The zero-order valence-electron chi connectivity index (χ0n) is 24.4. The number of hydrogen-bond donors (Lipinski definition) is 3. The van der Waals surface area contributed by atoms with Crippen LogP contribution in [0, 0.1) is 0 Å². The van der Waals surface area contributed by atoms with Gasteiger partial charge in [0.15, 0.2) is 0 Å². The number of carbonyl (C=O) groups is 3. The topological polar surface area (TPSA) is 96.5 Å². The zero-order valence-corrected chi connectivity index (χ0v) is 25.2. The van der Waals surface area contributed by atoms with Crippen molar-refractivity contribution in [3.05, 3.63) is 126 Å². The first-order valence-corrected chi connectivity index (χ1v) is 14.7. The number of carbonyl (C=O) groups excluding carboxylic acids is 3. The molecule has 0 fully saturated rings. The van der Waals surface area contributed by atoms with E-state index in [1.54, 1.807) is 99.0 Å². The van der Waals surface area contributed by atoms with Gasteiger partial charge < -0.3 is 20.7 Å². The molecule has 4 rings (SSSR count). The molecule has 7 nitrogen and oxygen atoms in total. The van der Waals surface area contributed by atoms with Crippen LogP contribution in [0.2, 0.25) is 0 Å². The molecular weight excluding hydrogens is 603 g/mol. The van der Waals surface area contributed by atoms with E-state index in [1.165, 1.54) is 23.9 Å². The number of thioether (sulfide) groups is 1. The summed E-state index contributed by atoms with van der Waals surface area (Å²) in [6.07, 6.45) is -2.59. The van der Waals surface area contributed by atoms with E-state index in [9.17, 15) is 27.6 Å². The third-order valence-corrected chi connectivity index (χ3v) is 7.80. The summed E-state index contributed by atoms with van der Waals surface area (Å²) in [6.45, 7) is 1.79. The Hall–Kier alpha value is -5.03. The molecule has 4 aromatic carbocycles. The van der Waals surface area contributed by atoms with Crippen LogP contribution in [0.15, 0.2) is 114 Å². The van der Waals surface area contributed by atoms with Gasteiger partial charge in [0.05, 0.1) is 17.9 Å². The molecule has 232 valence electrons. The zero-order chi connectivity index (χ0) is 32.4. The molecule has 0 radical (unpaired) electrons. The fourth-order valence-electron chi connectivity index (χ4n) is 4.14. The van der Waals surface area contributed by atoms with Crippen molar-refractivity contribution in [3.63, 3.8) is 0 Å². The number of ether oxygens (including phenoxy) is 1. The van der Waals surface area contributed by atoms with Gasteiger partial charge in [0, 0.05) is 21.8 Å². The van der Waals surface area contributed by atoms with E-state index in [4.69, 9.17) is 4.74 Å². The van der Waals surface area contributed by atoms with Gasteiger partial charge in [-0.25, -0.2) is 0 Å². The number of amides is 3. The maximum atomic E-state index is 13.4. The Kier molecular flexibility index (Phi) is 11.0. The monoisotopic (exact) mass is 633 g/mol. The lowest BCUT2D eigenvalue weighted by molar-refractivity contribution is -0.137. The van der Waals surface area contributed by atoms with Gasteiger partial charge in [0.2, 0.25) is 5.91 Å². The quantitative estimate of drug-likeness (QED) is 0.117. The summed E-state index contributed by atoms with van der Waals surface area (Å²) in [5.74, 6) is -0.863. The van der Waals surface area contributed by atoms with Gasteiger partial charge in [-0.15, -0.1) is 11.8 Å². The van der Waals surface area contributed by atoms with E-state index in [0.29, 0.717) is 33.9 Å². The van der Waals surface area contributed by atoms with Crippen LogP contribution in [0.3, 0.4) is 0 Å². The van der Waals surface area contributed by atoms with Gasteiger partial charge in [0.1, 0.15) is 11.4 Å². The molecule has 0 aliphatic carbocycles. The van der Waals surface area contributed by atoms with E-state index in [2.05, 4.69) is 16.0 Å². The maximum Gasteiger partial charge on any atom is 0.416 e. The third-order valence-electron chi connectivity index (χ3n) is 6.45. The van der Waals surface area contributed by atoms with Crippen molar-refractivity contribution in [1.82, 2.24) is 5.32 Å². The van der Waals surface area contributed by atoms with Gasteiger partial charge in [-0.3, -0.25) is 14.4 Å². The predicted molar refractivity (Wildman–Crippen MR) is 170 cm³/mol. The Morgan fingerprint density at radius 3 is 2.16 bits per heavy atom. The summed E-state index contributed by atoms with van der Waals surface area (Å²) in [5, 5.41) is 7.42. The number of halogens is 3. The van der Waals surface area contributed by atoms with Gasteiger partial charge in [0.25, 0.3) is 11.8 Å². The molecule has 1 atom stereocenters. The third kappa shape index (κ3) is 9.48. The van der Waals surface area contributed by atoms with E-state index in [-0.39, 0.29) is 11.4 Å². The molecule has 0 aromatic heterocycles. The molecule has 0 bridgehead atoms. The molecule has 45 heavy (non-hydrogen) atoms. The largest absolute Gasteiger partial charge is 0.497 e. The smallest absolute Gasteiger partial charge is 0.416 e. The Morgan fingerprint density at radius 2 is 1.51 bits per heavy atom. The fraction of sp³-hybridized carbons (Fsp3) is 0.147. The highest BCUT2D eigenvalue weighted by atomic mass is 32.2. The maximum absolute atomic E-state index is 13.4. The first kappa shape index (κ1) is 32.9. The van der Waals surface area contributed by atoms with E-state index in [1.807, 2.05) is 0 Å². The minimum Gasteiger partial charge on any atom is -0.497 e. The highest BCUT2D eigenvalue weighted by molar-refractivity contribution is 8.00. The average Bonchev–Trinajstić information content (AvgIpc) is 3.04. The summed E-state index contributed by atoms with van der Waals surface area (Å²) >= 11 is 1.21. The number of methoxy groups -OCH3 is 1. The minimum atomic E-state index is -4.53. The number of alkyl halides is 3. The van der Waals surface area contributed by atoms with E-state index in [0.717, 1.165) is 12.1 Å². The van der Waals surface area contributed by atoms with Crippen LogP contribution in [0.5, 0.6) is 5.75 Å². The molecule has 3 N–H and O–H groups in total. The van der Waals surface area contributed by atoms with Crippen LogP contribution in [0.4, 0.5) is 24.5 Å². The van der Waals surface area contributed by atoms with Crippen LogP contribution in [0.25, 0.3) is 6.08 Å². The number of nitrogens with one attached hydrogen (secondary N) is 3. The Labute approximate surface area is 262 Å². The van der Waals surface area contributed by atoms with Crippen molar-refractivity contribution in [3.8, 4) is 5.75 Å². The molecule has 3 amide bonds. The highest BCUT2D eigenvalue weighted by Gasteiger charge is 2.30. The van der Waals surface area contributed by atoms with Crippen LogP contribution in [-0.2, 0) is 15.8 Å². The Morgan fingerprint density at radius 1 is 0.844 bits per heavy atom. The van der Waals surface area contributed by atoms with E-state index >= 15 is 0 Å². The molecule has 0 aliphatic rings. The van der Waals surface area contributed by atoms with Gasteiger partial charge in [-0.2, -0.15) is 13.2 Å². The second-order valence-corrected chi connectivity index (χ2v) is 11.0. The highest BCUT2D eigenvalue weighted by Crippen LogP contribution is 2.32. The van der Waals surface area contributed by atoms with Crippen LogP contribution in [-0.4, -0.2) is 30.1 Å². The van der Waals surface area contributed by atoms with Crippen LogP contribution >= 0.6 is 11.8 Å². The summed E-state index contributed by atoms with van der Waals surface area (Å²) in [6, 6.07) is 26.7. The second kappa shape index (κ2) is 15.1. The Bertz CT molecular complexity index is 1680. The standard InChI is InChI=1S/C34H30F3N3O4S/c1-3-30(33(43)39-25-12-7-11-24(20-25)34(35,36)37)45-28-14-8-13-26(21-28)38-32(42)29(19-22-15-17-27(44-2)18-16-22)40-31(41)23-9-5-4-6-10-23/h4-21,30H,3H2,1-2H3,(H,38,42)(H,39,43)(H,40,41)/b29-19+. The first-order valence-electron chi connectivity index (χ1n) is 13.8. The lowest BCUT2D eigenvalue weighted by Crippen LogP contribution is -2.30. The summed E-state index contributed by atoms with van der Waals surface area (Å²) < 4.78 is 44.5. The summed E-state index contributed by atoms with van der Waals surface area (Å²) in [5.41, 5.74) is 0.620. The molecule has 0 saturated heterocycles. The van der Waals surface area contributed by atoms with Crippen LogP contribution in [0.1, 0.15) is 34.8 Å². The molecule has 0 spiro atoms. The molecule has 4 aromatic rings. The first-order chi connectivity index (χ1) is 21.5. The van der Waals surface area contributed by atoms with Crippen LogP contribution < -0.4 is 20.7 Å². The normalized spacial score (nSPS) is 12.2. The van der Waals surface area contributed by atoms with Gasteiger partial charge in [-0.1, -0.05) is 49.4 Å². The predicted octanol–water partition coefficient (Wildman–Crippen LogP) is 7.63. The molecular formula is C34H30F3N3O4S. The molecule has 1 unspecified atom stereocenters. The fourth-order valence-corrected chi connectivity index (χ4v) is 5.15. The van der Waals surface area contributed by atoms with Crippen molar-refractivity contribution in [1.29, 1.82) is 0 Å². The van der Waals surface area contributed by atoms with Crippen molar-refractivity contribution in [2.24, 2.45) is 0 Å². The number of rotatable bonds is 11.